The maximum atomic E-state index is 5.76. The van der Waals surface area contributed by atoms with E-state index in [1.807, 2.05) is 0 Å². The number of nitrogens with two attached hydrogens (primary N) is 1. The maximum Gasteiger partial charge on any atom is 0.142 e. The topological polar surface area (TPSA) is 45.4 Å². The van der Waals surface area contributed by atoms with Crippen LogP contribution in [0.2, 0.25) is 0 Å². The van der Waals surface area contributed by atoms with E-state index in [-0.39, 0.29) is 0 Å². The highest BCUT2D eigenvalue weighted by molar-refractivity contribution is 7.10. The standard InChI is InChI=1S/C10H18N4S/c1-7-9(11)12-15-10(7)14-5-4-8(6-14)13(2)3/h8H,4-6H2,1-3H3,(H2,11,12). The van der Waals surface area contributed by atoms with E-state index in [4.69, 9.17) is 5.73 Å². The van der Waals surface area contributed by atoms with Crippen LogP contribution < -0.4 is 10.6 Å². The molecule has 1 fully saturated rings. The Balaban J connectivity index is 2.11. The third-order valence-electron chi connectivity index (χ3n) is 3.12. The second-order valence-electron chi connectivity index (χ2n) is 4.35. The minimum absolute atomic E-state index is 0.660. The van der Waals surface area contributed by atoms with E-state index in [1.54, 1.807) is 0 Å². The largest absolute Gasteiger partial charge is 0.383 e. The van der Waals surface area contributed by atoms with Gasteiger partial charge in [-0.15, -0.1) is 0 Å². The van der Waals surface area contributed by atoms with Crippen LogP contribution in [0, 0.1) is 6.92 Å². The molecule has 0 radical (unpaired) electrons. The van der Waals surface area contributed by atoms with Gasteiger partial charge < -0.3 is 15.5 Å². The van der Waals surface area contributed by atoms with Gasteiger partial charge in [0.1, 0.15) is 10.8 Å². The van der Waals surface area contributed by atoms with E-state index in [1.165, 1.54) is 23.0 Å². The van der Waals surface area contributed by atoms with Crippen molar-refractivity contribution >= 4 is 22.4 Å². The normalized spacial score (nSPS) is 21.6. The van der Waals surface area contributed by atoms with Crippen molar-refractivity contribution < 1.29 is 0 Å². The fourth-order valence-electron chi connectivity index (χ4n) is 1.98. The van der Waals surface area contributed by atoms with Gasteiger partial charge in [0, 0.05) is 24.7 Å². The molecule has 0 bridgehead atoms. The molecule has 1 saturated heterocycles. The number of hydrogen-bond acceptors (Lipinski definition) is 5. The summed E-state index contributed by atoms with van der Waals surface area (Å²) in [4.78, 5) is 4.69. The predicted octanol–water partition coefficient (Wildman–Crippen LogP) is 1.17. The second kappa shape index (κ2) is 3.98. The fourth-order valence-corrected chi connectivity index (χ4v) is 2.83. The number of aromatic nitrogens is 1. The van der Waals surface area contributed by atoms with Crippen molar-refractivity contribution in [1.82, 2.24) is 9.27 Å². The second-order valence-corrected chi connectivity index (χ2v) is 5.10. The van der Waals surface area contributed by atoms with Crippen LogP contribution in [0.3, 0.4) is 0 Å². The van der Waals surface area contributed by atoms with Gasteiger partial charge in [-0.3, -0.25) is 0 Å². The van der Waals surface area contributed by atoms with Gasteiger partial charge in [-0.05, 0) is 39.0 Å². The van der Waals surface area contributed by atoms with Crippen molar-refractivity contribution in [3.63, 3.8) is 0 Å². The van der Waals surface area contributed by atoms with E-state index < -0.39 is 0 Å². The monoisotopic (exact) mass is 226 g/mol. The van der Waals surface area contributed by atoms with E-state index in [0.29, 0.717) is 11.9 Å². The van der Waals surface area contributed by atoms with E-state index in [0.717, 1.165) is 18.7 Å². The lowest BCUT2D eigenvalue weighted by atomic mass is 10.2. The van der Waals surface area contributed by atoms with Crippen molar-refractivity contribution in [2.24, 2.45) is 0 Å². The van der Waals surface area contributed by atoms with Gasteiger partial charge in [-0.25, -0.2) is 0 Å². The molecule has 1 aromatic rings. The Morgan fingerprint density at radius 1 is 1.53 bits per heavy atom. The predicted molar refractivity (Wildman–Crippen MR) is 65.6 cm³/mol. The van der Waals surface area contributed by atoms with Crippen molar-refractivity contribution in [2.45, 2.75) is 19.4 Å². The molecule has 2 N–H and O–H groups in total. The molecule has 0 spiro atoms. The van der Waals surface area contributed by atoms with E-state index in [2.05, 4.69) is 35.2 Å². The minimum atomic E-state index is 0.660. The number of likely N-dealkylation sites (N-methyl/N-ethyl adjacent to an activating group) is 1. The first kappa shape index (κ1) is 10.7. The quantitative estimate of drug-likeness (QED) is 0.822. The Kier molecular flexibility index (Phi) is 2.84. The molecular formula is C10H18N4S. The smallest absolute Gasteiger partial charge is 0.142 e. The molecule has 0 amide bonds. The van der Waals surface area contributed by atoms with Gasteiger partial charge in [-0.2, -0.15) is 4.37 Å². The maximum absolute atomic E-state index is 5.76. The van der Waals surface area contributed by atoms with Gasteiger partial charge in [0.15, 0.2) is 0 Å². The SMILES string of the molecule is Cc1c(N)nsc1N1CCC(N(C)C)C1. The summed E-state index contributed by atoms with van der Waals surface area (Å²) < 4.78 is 4.19. The summed E-state index contributed by atoms with van der Waals surface area (Å²) in [7, 11) is 4.28. The molecule has 0 aromatic carbocycles. The molecule has 0 saturated carbocycles. The Morgan fingerprint density at radius 3 is 2.73 bits per heavy atom. The number of rotatable bonds is 2. The number of hydrogen-bond donors (Lipinski definition) is 1. The zero-order chi connectivity index (χ0) is 11.0. The van der Waals surface area contributed by atoms with Crippen LogP contribution in [0.25, 0.3) is 0 Å². The molecule has 5 heteroatoms. The molecule has 84 valence electrons. The molecule has 1 unspecified atom stereocenters. The van der Waals surface area contributed by atoms with Gasteiger partial charge >= 0.3 is 0 Å². The summed E-state index contributed by atoms with van der Waals surface area (Å²) in [6.45, 7) is 4.26. The third kappa shape index (κ3) is 1.94. The van der Waals surface area contributed by atoms with Crippen LogP contribution in [0.1, 0.15) is 12.0 Å². The lowest BCUT2D eigenvalue weighted by Gasteiger charge is -2.20. The zero-order valence-electron chi connectivity index (χ0n) is 9.53. The summed E-state index contributed by atoms with van der Waals surface area (Å²) in [5.41, 5.74) is 6.90. The molecule has 1 aromatic heterocycles. The summed E-state index contributed by atoms with van der Waals surface area (Å²) in [5.74, 6) is 0.684. The highest BCUT2D eigenvalue weighted by Crippen LogP contribution is 2.32. The van der Waals surface area contributed by atoms with Crippen molar-refractivity contribution in [3.8, 4) is 0 Å². The number of nitrogens with zero attached hydrogens (tertiary/aromatic N) is 3. The Labute approximate surface area is 94.8 Å². The highest BCUT2D eigenvalue weighted by atomic mass is 32.1. The molecule has 1 aliphatic rings. The number of nitrogen functional groups attached to an aromatic ring is 1. The van der Waals surface area contributed by atoms with Crippen LogP contribution >= 0.6 is 11.5 Å². The van der Waals surface area contributed by atoms with Crippen LogP contribution in [0.15, 0.2) is 0 Å². The van der Waals surface area contributed by atoms with Gasteiger partial charge in [0.05, 0.1) is 0 Å². The van der Waals surface area contributed by atoms with E-state index >= 15 is 0 Å². The molecule has 4 nitrogen and oxygen atoms in total. The van der Waals surface area contributed by atoms with Crippen LogP contribution in [-0.2, 0) is 0 Å². The third-order valence-corrected chi connectivity index (χ3v) is 4.14. The Hall–Kier alpha value is -0.810. The number of anilines is 2. The van der Waals surface area contributed by atoms with Crippen molar-refractivity contribution in [1.29, 1.82) is 0 Å². The summed E-state index contributed by atoms with van der Waals surface area (Å²) >= 11 is 1.52. The van der Waals surface area contributed by atoms with E-state index in [9.17, 15) is 0 Å². The summed E-state index contributed by atoms with van der Waals surface area (Å²) in [6.07, 6.45) is 1.23. The molecule has 1 aliphatic heterocycles. The van der Waals surface area contributed by atoms with Gasteiger partial charge in [0.25, 0.3) is 0 Å². The van der Waals surface area contributed by atoms with Crippen molar-refractivity contribution in [2.75, 3.05) is 37.8 Å². The van der Waals surface area contributed by atoms with Crippen LogP contribution in [0.5, 0.6) is 0 Å². The first-order valence-electron chi connectivity index (χ1n) is 5.22. The molecule has 15 heavy (non-hydrogen) atoms. The molecule has 0 aliphatic carbocycles. The first-order chi connectivity index (χ1) is 7.09. The van der Waals surface area contributed by atoms with Gasteiger partial charge in [-0.1, -0.05) is 0 Å². The van der Waals surface area contributed by atoms with Gasteiger partial charge in [0.2, 0.25) is 0 Å². The van der Waals surface area contributed by atoms with Crippen LogP contribution in [-0.4, -0.2) is 42.5 Å². The van der Waals surface area contributed by atoms with Crippen molar-refractivity contribution in [3.05, 3.63) is 5.56 Å². The lowest BCUT2D eigenvalue weighted by molar-refractivity contribution is 0.315. The Morgan fingerprint density at radius 2 is 2.27 bits per heavy atom. The first-order valence-corrected chi connectivity index (χ1v) is 6.00. The summed E-state index contributed by atoms with van der Waals surface area (Å²) in [6, 6.07) is 0.660. The molecule has 1 atom stereocenters. The fraction of sp³-hybridized carbons (Fsp3) is 0.700. The minimum Gasteiger partial charge on any atom is -0.383 e. The summed E-state index contributed by atoms with van der Waals surface area (Å²) in [5, 5.41) is 1.25. The Bertz CT molecular complexity index is 347. The van der Waals surface area contributed by atoms with Crippen LogP contribution in [0.4, 0.5) is 10.8 Å². The highest BCUT2D eigenvalue weighted by Gasteiger charge is 2.26. The lowest BCUT2D eigenvalue weighted by Crippen LogP contribution is -2.31. The zero-order valence-corrected chi connectivity index (χ0v) is 10.3. The molecule has 2 rings (SSSR count). The molecular weight excluding hydrogens is 208 g/mol. The average Bonchev–Trinajstić information content (AvgIpc) is 2.76. The molecule has 2 heterocycles. The average molecular weight is 226 g/mol.